The normalized spacial score (nSPS) is 14.9. The van der Waals surface area contributed by atoms with Gasteiger partial charge < -0.3 is 0 Å². The van der Waals surface area contributed by atoms with Crippen molar-refractivity contribution in [3.63, 3.8) is 0 Å². The summed E-state index contributed by atoms with van der Waals surface area (Å²) in [6.45, 7) is 3.92. The van der Waals surface area contributed by atoms with Crippen molar-refractivity contribution in [2.24, 2.45) is 0 Å². The molecule has 1 saturated carbocycles. The minimum atomic E-state index is -0.168. The number of aryl methyl sites for hydroxylation is 1. The molecule has 1 aromatic carbocycles. The van der Waals surface area contributed by atoms with Crippen molar-refractivity contribution in [1.82, 2.24) is 9.88 Å². The summed E-state index contributed by atoms with van der Waals surface area (Å²) in [5.74, 6) is -0.168. The molecule has 1 heterocycles. The topological polar surface area (TPSA) is 16.1 Å². The maximum Gasteiger partial charge on any atom is 0.123 e. The molecule has 3 rings (SSSR count). The molecule has 0 unspecified atom stereocenters. The van der Waals surface area contributed by atoms with Crippen LogP contribution in [0.1, 0.15) is 36.0 Å². The number of hydrogen-bond donors (Lipinski definition) is 0. The van der Waals surface area contributed by atoms with E-state index in [0.29, 0.717) is 6.04 Å². The van der Waals surface area contributed by atoms with Crippen LogP contribution in [-0.2, 0) is 19.5 Å². The summed E-state index contributed by atoms with van der Waals surface area (Å²) in [7, 11) is 0. The van der Waals surface area contributed by atoms with Gasteiger partial charge in [0.1, 0.15) is 5.82 Å². The molecule has 1 fully saturated rings. The lowest BCUT2D eigenvalue weighted by molar-refractivity contribution is 0.243. The first-order valence-electron chi connectivity index (χ1n) is 7.16. The lowest BCUT2D eigenvalue weighted by Gasteiger charge is -2.21. The van der Waals surface area contributed by atoms with Crippen molar-refractivity contribution in [3.8, 4) is 0 Å². The van der Waals surface area contributed by atoms with E-state index in [1.165, 1.54) is 29.1 Å². The van der Waals surface area contributed by atoms with Crippen molar-refractivity contribution in [2.75, 3.05) is 0 Å². The van der Waals surface area contributed by atoms with Gasteiger partial charge in [0.2, 0.25) is 0 Å². The fourth-order valence-electron chi connectivity index (χ4n) is 2.37. The van der Waals surface area contributed by atoms with Gasteiger partial charge in [-0.05, 0) is 37.0 Å². The van der Waals surface area contributed by atoms with Crippen LogP contribution < -0.4 is 0 Å². The van der Waals surface area contributed by atoms with E-state index in [4.69, 9.17) is 0 Å². The molecule has 0 saturated heterocycles. The summed E-state index contributed by atoms with van der Waals surface area (Å²) in [4.78, 5) is 7.11. The molecule has 1 aliphatic rings. The lowest BCUT2D eigenvalue weighted by atomic mass is 10.2. The Kier molecular flexibility index (Phi) is 4.13. The molecule has 0 N–H and O–H groups in total. The molecule has 0 amide bonds. The number of nitrogens with zero attached hydrogens (tertiary/aromatic N) is 2. The average Bonchev–Trinajstić information content (AvgIpc) is 3.21. The van der Waals surface area contributed by atoms with Gasteiger partial charge in [0.25, 0.3) is 0 Å². The zero-order chi connectivity index (χ0) is 13.9. The lowest BCUT2D eigenvalue weighted by Crippen LogP contribution is -2.25. The van der Waals surface area contributed by atoms with Crippen LogP contribution in [0.2, 0.25) is 0 Å². The zero-order valence-electron chi connectivity index (χ0n) is 11.7. The maximum atomic E-state index is 13.0. The fourth-order valence-corrected chi connectivity index (χ4v) is 3.11. The van der Waals surface area contributed by atoms with E-state index in [1.54, 1.807) is 23.5 Å². The minimum absolute atomic E-state index is 0.168. The first-order chi connectivity index (χ1) is 9.74. The first kappa shape index (κ1) is 13.7. The number of benzene rings is 1. The van der Waals surface area contributed by atoms with Crippen LogP contribution in [0.4, 0.5) is 4.39 Å². The first-order valence-corrected chi connectivity index (χ1v) is 8.04. The molecule has 2 nitrogen and oxygen atoms in total. The highest BCUT2D eigenvalue weighted by Gasteiger charge is 2.29. The third-order valence-electron chi connectivity index (χ3n) is 3.63. The summed E-state index contributed by atoms with van der Waals surface area (Å²) >= 11 is 1.74. The number of hydrogen-bond acceptors (Lipinski definition) is 3. The summed E-state index contributed by atoms with van der Waals surface area (Å²) in [6, 6.07) is 7.51. The van der Waals surface area contributed by atoms with Crippen LogP contribution in [0, 0.1) is 5.82 Å². The maximum absolute atomic E-state index is 13.0. The molecule has 0 bridgehead atoms. The molecule has 20 heavy (non-hydrogen) atoms. The molecule has 0 atom stereocenters. The smallest absolute Gasteiger partial charge is 0.123 e. The second-order valence-corrected chi connectivity index (χ2v) is 6.29. The number of aromatic nitrogens is 1. The highest BCUT2D eigenvalue weighted by Crippen LogP contribution is 2.30. The van der Waals surface area contributed by atoms with Crippen molar-refractivity contribution in [2.45, 2.75) is 45.3 Å². The molecule has 0 spiro atoms. The van der Waals surface area contributed by atoms with Gasteiger partial charge in [-0.1, -0.05) is 19.1 Å². The molecule has 4 heteroatoms. The van der Waals surface area contributed by atoms with Crippen LogP contribution in [-0.4, -0.2) is 15.9 Å². The van der Waals surface area contributed by atoms with Crippen molar-refractivity contribution >= 4 is 11.3 Å². The second-order valence-electron chi connectivity index (χ2n) is 5.35. The Morgan fingerprint density at radius 1 is 1.25 bits per heavy atom. The second kappa shape index (κ2) is 6.02. The summed E-state index contributed by atoms with van der Waals surface area (Å²) < 4.78 is 13.0. The Morgan fingerprint density at radius 2 is 2.00 bits per heavy atom. The van der Waals surface area contributed by atoms with Gasteiger partial charge in [-0.3, -0.25) is 4.90 Å². The third kappa shape index (κ3) is 3.44. The minimum Gasteiger partial charge on any atom is -0.290 e. The molecular formula is C16H19FN2S. The Bertz CT molecular complexity index is 560. The van der Waals surface area contributed by atoms with E-state index >= 15 is 0 Å². The van der Waals surface area contributed by atoms with E-state index in [2.05, 4.69) is 22.2 Å². The van der Waals surface area contributed by atoms with E-state index in [9.17, 15) is 4.39 Å². The molecule has 0 radical (unpaired) electrons. The number of thiazole rings is 1. The summed E-state index contributed by atoms with van der Waals surface area (Å²) in [6.07, 6.45) is 3.55. The van der Waals surface area contributed by atoms with E-state index < -0.39 is 0 Å². The third-order valence-corrected chi connectivity index (χ3v) is 4.67. The quantitative estimate of drug-likeness (QED) is 0.799. The zero-order valence-corrected chi connectivity index (χ0v) is 12.5. The van der Waals surface area contributed by atoms with Gasteiger partial charge in [-0.25, -0.2) is 9.37 Å². The van der Waals surface area contributed by atoms with Crippen LogP contribution >= 0.6 is 11.3 Å². The number of halogens is 1. The Morgan fingerprint density at radius 3 is 2.60 bits per heavy atom. The molecular weight excluding hydrogens is 271 g/mol. The van der Waals surface area contributed by atoms with Crippen LogP contribution in [0.25, 0.3) is 0 Å². The predicted octanol–water partition coefficient (Wildman–Crippen LogP) is 4.01. The largest absolute Gasteiger partial charge is 0.290 e. The Balaban J connectivity index is 1.67. The number of rotatable bonds is 6. The molecule has 1 aromatic heterocycles. The van der Waals surface area contributed by atoms with E-state index in [1.807, 2.05) is 12.1 Å². The fraction of sp³-hybridized carbons (Fsp3) is 0.438. The Hall–Kier alpha value is -1.26. The van der Waals surface area contributed by atoms with Gasteiger partial charge >= 0.3 is 0 Å². The summed E-state index contributed by atoms with van der Waals surface area (Å²) in [5.41, 5.74) is 2.34. The van der Waals surface area contributed by atoms with Crippen molar-refractivity contribution < 1.29 is 4.39 Å². The van der Waals surface area contributed by atoms with Crippen LogP contribution in [0.3, 0.4) is 0 Å². The predicted molar refractivity (Wildman–Crippen MR) is 80.2 cm³/mol. The summed E-state index contributed by atoms with van der Waals surface area (Å²) in [5, 5.41) is 3.37. The standard InChI is InChI=1S/C16H19FN2S/c1-2-16-18-14(11-20-16)10-19(15-7-8-15)9-12-3-5-13(17)6-4-12/h3-6,11,15H,2,7-10H2,1H3. The van der Waals surface area contributed by atoms with Gasteiger partial charge in [0.05, 0.1) is 10.7 Å². The van der Waals surface area contributed by atoms with Crippen molar-refractivity contribution in [3.05, 3.63) is 51.7 Å². The average molecular weight is 290 g/mol. The van der Waals surface area contributed by atoms with Crippen LogP contribution in [0.15, 0.2) is 29.6 Å². The van der Waals surface area contributed by atoms with E-state index in [-0.39, 0.29) is 5.82 Å². The SMILES string of the molecule is CCc1nc(CN(Cc2ccc(F)cc2)C2CC2)cs1. The monoisotopic (exact) mass is 290 g/mol. The molecule has 106 valence electrons. The van der Waals surface area contributed by atoms with Crippen molar-refractivity contribution in [1.29, 1.82) is 0 Å². The molecule has 2 aromatic rings. The van der Waals surface area contributed by atoms with Gasteiger partial charge in [0, 0.05) is 24.5 Å². The highest BCUT2D eigenvalue weighted by molar-refractivity contribution is 7.09. The van der Waals surface area contributed by atoms with Gasteiger partial charge in [-0.15, -0.1) is 11.3 Å². The van der Waals surface area contributed by atoms with Crippen LogP contribution in [0.5, 0.6) is 0 Å². The highest BCUT2D eigenvalue weighted by atomic mass is 32.1. The van der Waals surface area contributed by atoms with Gasteiger partial charge in [0.15, 0.2) is 0 Å². The molecule has 0 aliphatic heterocycles. The Labute approximate surface area is 123 Å². The van der Waals surface area contributed by atoms with Gasteiger partial charge in [-0.2, -0.15) is 0 Å². The van der Waals surface area contributed by atoms with E-state index in [0.717, 1.165) is 19.5 Å². The molecule has 1 aliphatic carbocycles.